The number of rotatable bonds is 4. The van der Waals surface area contributed by atoms with Crippen LogP contribution in [0.25, 0.3) is 0 Å². The molecule has 1 aromatic carbocycles. The topological polar surface area (TPSA) is 109 Å². The van der Waals surface area contributed by atoms with E-state index in [1.807, 2.05) is 4.90 Å². The molecule has 0 atom stereocenters. The molecule has 0 saturated carbocycles. The van der Waals surface area contributed by atoms with E-state index < -0.39 is 4.92 Å². The van der Waals surface area contributed by atoms with E-state index in [2.05, 4.69) is 10.3 Å². The van der Waals surface area contributed by atoms with E-state index in [9.17, 15) is 20.0 Å². The summed E-state index contributed by atoms with van der Waals surface area (Å²) in [5.74, 6) is 0.459. The molecule has 2 aromatic rings. The molecule has 0 spiro atoms. The molecule has 3 rings (SSSR count). The van der Waals surface area contributed by atoms with E-state index in [0.717, 1.165) is 0 Å². The monoisotopic (exact) mass is 342 g/mol. The lowest BCUT2D eigenvalue weighted by molar-refractivity contribution is -0.385. The van der Waals surface area contributed by atoms with E-state index in [4.69, 9.17) is 0 Å². The van der Waals surface area contributed by atoms with E-state index in [1.165, 1.54) is 18.3 Å². The highest BCUT2D eigenvalue weighted by atomic mass is 16.6. The van der Waals surface area contributed by atoms with Crippen LogP contribution in [0, 0.1) is 16.0 Å². The number of nitrogens with zero attached hydrogens (tertiary/aromatic N) is 3. The first-order valence-corrected chi connectivity index (χ1v) is 7.99. The number of amides is 1. The molecule has 1 amide bonds. The van der Waals surface area contributed by atoms with Crippen molar-refractivity contribution in [2.24, 2.45) is 5.92 Å². The van der Waals surface area contributed by atoms with Crippen molar-refractivity contribution in [1.29, 1.82) is 0 Å². The second kappa shape index (κ2) is 7.16. The van der Waals surface area contributed by atoms with Crippen LogP contribution in [0.15, 0.2) is 42.6 Å². The summed E-state index contributed by atoms with van der Waals surface area (Å²) in [6.45, 7) is 1.29. The second-order valence-electron chi connectivity index (χ2n) is 5.90. The fraction of sp³-hybridized carbons (Fsp3) is 0.294. The summed E-state index contributed by atoms with van der Waals surface area (Å²) in [5, 5.41) is 23.2. The van der Waals surface area contributed by atoms with Crippen molar-refractivity contribution in [2.75, 3.05) is 23.3 Å². The third kappa shape index (κ3) is 3.85. The molecule has 2 heterocycles. The van der Waals surface area contributed by atoms with Gasteiger partial charge in [-0.15, -0.1) is 0 Å². The van der Waals surface area contributed by atoms with Crippen molar-refractivity contribution >= 4 is 23.1 Å². The van der Waals surface area contributed by atoms with Gasteiger partial charge in [-0.3, -0.25) is 14.9 Å². The van der Waals surface area contributed by atoms with Crippen molar-refractivity contribution in [2.45, 2.75) is 12.8 Å². The zero-order valence-electron chi connectivity index (χ0n) is 13.5. The van der Waals surface area contributed by atoms with Crippen molar-refractivity contribution in [1.82, 2.24) is 4.98 Å². The van der Waals surface area contributed by atoms with Crippen LogP contribution in [-0.4, -0.2) is 34.0 Å². The van der Waals surface area contributed by atoms with Gasteiger partial charge in [0, 0.05) is 25.1 Å². The number of piperidine rings is 1. The number of nitro groups is 1. The first-order valence-electron chi connectivity index (χ1n) is 7.99. The first kappa shape index (κ1) is 16.7. The van der Waals surface area contributed by atoms with E-state index >= 15 is 0 Å². The van der Waals surface area contributed by atoms with Gasteiger partial charge >= 0.3 is 0 Å². The minimum atomic E-state index is -0.480. The number of phenolic OH excluding ortho intramolecular Hbond substituents is 1. The predicted molar refractivity (Wildman–Crippen MR) is 92.6 cm³/mol. The van der Waals surface area contributed by atoms with Crippen LogP contribution in [-0.2, 0) is 4.79 Å². The van der Waals surface area contributed by atoms with Gasteiger partial charge in [0.2, 0.25) is 5.91 Å². The Balaban J connectivity index is 1.57. The average molecular weight is 342 g/mol. The zero-order valence-corrected chi connectivity index (χ0v) is 13.5. The average Bonchev–Trinajstić information content (AvgIpc) is 2.64. The predicted octanol–water partition coefficient (Wildman–Crippen LogP) is 2.55. The highest BCUT2D eigenvalue weighted by Gasteiger charge is 2.26. The van der Waals surface area contributed by atoms with Gasteiger partial charge in [-0.05, 0) is 31.0 Å². The van der Waals surface area contributed by atoms with Gasteiger partial charge in [-0.2, -0.15) is 0 Å². The molecule has 0 bridgehead atoms. The van der Waals surface area contributed by atoms with E-state index in [-0.39, 0.29) is 23.3 Å². The van der Waals surface area contributed by atoms with E-state index in [0.29, 0.717) is 37.4 Å². The molecule has 1 aromatic heterocycles. The molecule has 1 aliphatic rings. The van der Waals surface area contributed by atoms with Crippen molar-refractivity contribution in [3.63, 3.8) is 0 Å². The molecule has 0 radical (unpaired) electrons. The van der Waals surface area contributed by atoms with Gasteiger partial charge in [-0.1, -0.05) is 12.1 Å². The number of aromatic hydroxyl groups is 1. The number of carbonyl (C=O) groups is 1. The third-order valence-electron chi connectivity index (χ3n) is 4.29. The normalized spacial score (nSPS) is 15.0. The summed E-state index contributed by atoms with van der Waals surface area (Å²) in [7, 11) is 0. The maximum Gasteiger partial charge on any atom is 0.287 e. The van der Waals surface area contributed by atoms with Crippen LogP contribution in [0.3, 0.4) is 0 Å². The molecule has 0 unspecified atom stereocenters. The SMILES string of the molecule is O=C(Nc1ccccc1O)C1CCN(c2ccc([N+](=O)[O-])cn2)CC1. The Morgan fingerprint density at radius 3 is 2.56 bits per heavy atom. The summed E-state index contributed by atoms with van der Waals surface area (Å²) in [6.07, 6.45) is 2.54. The molecule has 0 aliphatic carbocycles. The number of phenols is 1. The van der Waals surface area contributed by atoms with Crippen molar-refractivity contribution in [3.8, 4) is 5.75 Å². The molecule has 2 N–H and O–H groups in total. The number of para-hydroxylation sites is 2. The van der Waals surface area contributed by atoms with Gasteiger partial charge in [0.05, 0.1) is 10.6 Å². The van der Waals surface area contributed by atoms with Crippen LogP contribution < -0.4 is 10.2 Å². The Labute approximate surface area is 144 Å². The number of aromatic nitrogens is 1. The molecule has 1 saturated heterocycles. The number of pyridine rings is 1. The number of benzene rings is 1. The van der Waals surface area contributed by atoms with Gasteiger partial charge in [0.15, 0.2) is 0 Å². The molecule has 25 heavy (non-hydrogen) atoms. The molecule has 8 heteroatoms. The molecule has 1 fully saturated rings. The second-order valence-corrected chi connectivity index (χ2v) is 5.90. The van der Waals surface area contributed by atoms with Crippen LogP contribution in [0.1, 0.15) is 12.8 Å². The number of anilines is 2. The maximum atomic E-state index is 12.4. The van der Waals surface area contributed by atoms with Gasteiger partial charge in [-0.25, -0.2) is 4.98 Å². The maximum absolute atomic E-state index is 12.4. The minimum Gasteiger partial charge on any atom is -0.506 e. The lowest BCUT2D eigenvalue weighted by Crippen LogP contribution is -2.38. The Bertz CT molecular complexity index is 770. The summed E-state index contributed by atoms with van der Waals surface area (Å²) in [6, 6.07) is 9.68. The standard InChI is InChI=1S/C17H18N4O4/c22-15-4-2-1-3-14(15)19-17(23)12-7-9-20(10-8-12)16-6-5-13(11-18-16)21(24)25/h1-6,11-12,22H,7-10H2,(H,19,23). The van der Waals surface area contributed by atoms with Gasteiger partial charge in [0.1, 0.15) is 17.8 Å². The van der Waals surface area contributed by atoms with Crippen LogP contribution in [0.2, 0.25) is 0 Å². The third-order valence-corrected chi connectivity index (χ3v) is 4.29. The Morgan fingerprint density at radius 2 is 1.96 bits per heavy atom. The van der Waals surface area contributed by atoms with E-state index in [1.54, 1.807) is 24.3 Å². The lowest BCUT2D eigenvalue weighted by Gasteiger charge is -2.32. The zero-order chi connectivity index (χ0) is 17.8. The van der Waals surface area contributed by atoms with Crippen molar-refractivity contribution < 1.29 is 14.8 Å². The van der Waals surface area contributed by atoms with Crippen LogP contribution >= 0.6 is 0 Å². The highest BCUT2D eigenvalue weighted by Crippen LogP contribution is 2.26. The smallest absolute Gasteiger partial charge is 0.287 e. The quantitative estimate of drug-likeness (QED) is 0.502. The fourth-order valence-electron chi connectivity index (χ4n) is 2.86. The minimum absolute atomic E-state index is 0.0410. The molecular weight excluding hydrogens is 324 g/mol. The molecule has 1 aliphatic heterocycles. The molecular formula is C17H18N4O4. The number of hydrogen-bond donors (Lipinski definition) is 2. The number of nitrogens with one attached hydrogen (secondary N) is 1. The Hall–Kier alpha value is -3.16. The Morgan fingerprint density at radius 1 is 1.24 bits per heavy atom. The summed E-state index contributed by atoms with van der Waals surface area (Å²) >= 11 is 0. The van der Waals surface area contributed by atoms with Crippen LogP contribution in [0.4, 0.5) is 17.2 Å². The fourth-order valence-corrected chi connectivity index (χ4v) is 2.86. The largest absolute Gasteiger partial charge is 0.506 e. The number of carbonyl (C=O) groups excluding carboxylic acids is 1. The summed E-state index contributed by atoms with van der Waals surface area (Å²) in [5.41, 5.74) is 0.368. The van der Waals surface area contributed by atoms with Gasteiger partial charge in [0.25, 0.3) is 5.69 Å². The number of hydrogen-bond acceptors (Lipinski definition) is 6. The van der Waals surface area contributed by atoms with Crippen LogP contribution in [0.5, 0.6) is 5.75 Å². The molecule has 8 nitrogen and oxygen atoms in total. The highest BCUT2D eigenvalue weighted by molar-refractivity contribution is 5.94. The summed E-state index contributed by atoms with van der Waals surface area (Å²) < 4.78 is 0. The first-order chi connectivity index (χ1) is 12.0. The Kier molecular flexibility index (Phi) is 4.78. The lowest BCUT2D eigenvalue weighted by atomic mass is 9.95. The summed E-state index contributed by atoms with van der Waals surface area (Å²) in [4.78, 5) is 28.7. The van der Waals surface area contributed by atoms with Crippen molar-refractivity contribution in [3.05, 3.63) is 52.7 Å². The molecule has 130 valence electrons. The van der Waals surface area contributed by atoms with Gasteiger partial charge < -0.3 is 15.3 Å².